The van der Waals surface area contributed by atoms with E-state index in [-0.39, 0.29) is 5.91 Å². The lowest BCUT2D eigenvalue weighted by Gasteiger charge is -2.20. The van der Waals surface area contributed by atoms with E-state index in [2.05, 4.69) is 5.32 Å². The number of fused-ring (bicyclic) bond motifs is 1. The highest BCUT2D eigenvalue weighted by molar-refractivity contribution is 6.30. The van der Waals surface area contributed by atoms with Crippen molar-refractivity contribution < 1.29 is 14.3 Å². The first-order valence-electron chi connectivity index (χ1n) is 6.93. The minimum atomic E-state index is -0.395. The number of methoxy groups -OCH3 is 1. The molecule has 1 saturated carbocycles. The molecular weight excluding hydrogens is 254 g/mol. The van der Waals surface area contributed by atoms with E-state index in [0.29, 0.717) is 22.6 Å². The number of imide groups is 1. The smallest absolute Gasteiger partial charge is 0.261 e. The molecule has 1 N–H and O–H groups in total. The number of nitrogens with one attached hydrogen (secondary N) is 1. The van der Waals surface area contributed by atoms with Crippen LogP contribution in [0, 0.1) is 0 Å². The highest BCUT2D eigenvalue weighted by atomic mass is 16.5. The fraction of sp³-hybridized carbons (Fsp3) is 0.375. The van der Waals surface area contributed by atoms with Gasteiger partial charge < -0.3 is 4.74 Å². The van der Waals surface area contributed by atoms with Crippen molar-refractivity contribution in [1.29, 1.82) is 0 Å². The highest BCUT2D eigenvalue weighted by Crippen LogP contribution is 2.36. The molecule has 4 heteroatoms. The van der Waals surface area contributed by atoms with Crippen molar-refractivity contribution in [2.75, 3.05) is 7.11 Å². The molecule has 0 aromatic heterocycles. The summed E-state index contributed by atoms with van der Waals surface area (Å²) in [6.07, 6.45) is 6.27. The Labute approximate surface area is 117 Å². The summed E-state index contributed by atoms with van der Waals surface area (Å²) in [5.41, 5.74) is 2.85. The lowest BCUT2D eigenvalue weighted by atomic mass is 9.89. The maximum atomic E-state index is 11.9. The molecule has 1 aromatic rings. The van der Waals surface area contributed by atoms with Crippen LogP contribution in [0.2, 0.25) is 0 Å². The number of carbonyl (C=O) groups excluding carboxylic acids is 2. The lowest BCUT2D eigenvalue weighted by molar-refractivity contribution is -0.114. The van der Waals surface area contributed by atoms with E-state index in [9.17, 15) is 9.59 Å². The number of carbonyl (C=O) groups is 2. The molecule has 1 aliphatic heterocycles. The monoisotopic (exact) mass is 271 g/mol. The van der Waals surface area contributed by atoms with Gasteiger partial charge in [0, 0.05) is 11.1 Å². The third-order valence-electron chi connectivity index (χ3n) is 4.11. The molecule has 0 unspecified atom stereocenters. The Morgan fingerprint density at radius 3 is 2.60 bits per heavy atom. The minimum absolute atomic E-state index is 0.337. The molecule has 20 heavy (non-hydrogen) atoms. The quantitative estimate of drug-likeness (QED) is 0.511. The number of amides is 2. The van der Waals surface area contributed by atoms with Gasteiger partial charge in [-0.15, -0.1) is 0 Å². The van der Waals surface area contributed by atoms with Crippen molar-refractivity contribution in [3.05, 3.63) is 41.2 Å². The molecule has 0 atom stereocenters. The topological polar surface area (TPSA) is 55.4 Å². The second-order valence-electron chi connectivity index (χ2n) is 5.34. The Kier molecular flexibility index (Phi) is 3.30. The first-order valence-corrected chi connectivity index (χ1v) is 6.93. The number of hydrogen-bond acceptors (Lipinski definition) is 3. The van der Waals surface area contributed by atoms with Crippen LogP contribution in [0.4, 0.5) is 0 Å². The maximum Gasteiger partial charge on any atom is 0.261 e. The zero-order chi connectivity index (χ0) is 14.1. The Balaban J connectivity index is 2.08. The van der Waals surface area contributed by atoms with Crippen molar-refractivity contribution in [3.63, 3.8) is 0 Å². The molecule has 104 valence electrons. The number of ether oxygens (including phenoxy) is 1. The molecule has 0 saturated heterocycles. The summed E-state index contributed by atoms with van der Waals surface area (Å²) in [5, 5.41) is 2.33. The molecule has 1 aliphatic carbocycles. The molecule has 3 rings (SSSR count). The van der Waals surface area contributed by atoms with E-state index in [4.69, 9.17) is 4.74 Å². The van der Waals surface area contributed by atoms with Crippen LogP contribution in [0.15, 0.2) is 24.5 Å². The van der Waals surface area contributed by atoms with Crippen molar-refractivity contribution in [2.45, 2.75) is 31.6 Å². The maximum absolute atomic E-state index is 11.9. The number of hydrogen-bond donors (Lipinski definition) is 1. The van der Waals surface area contributed by atoms with Gasteiger partial charge in [0.1, 0.15) is 0 Å². The summed E-state index contributed by atoms with van der Waals surface area (Å²) in [5.74, 6) is -0.187. The van der Waals surface area contributed by atoms with Gasteiger partial charge in [0.2, 0.25) is 0 Å². The Morgan fingerprint density at radius 2 is 1.90 bits per heavy atom. The van der Waals surface area contributed by atoms with E-state index in [1.54, 1.807) is 0 Å². The van der Waals surface area contributed by atoms with Crippen LogP contribution in [-0.2, 0) is 9.53 Å². The fourth-order valence-electron chi connectivity index (χ4n) is 3.09. The first-order chi connectivity index (χ1) is 9.70. The predicted molar refractivity (Wildman–Crippen MR) is 75.1 cm³/mol. The van der Waals surface area contributed by atoms with Crippen LogP contribution in [0.5, 0.6) is 0 Å². The third-order valence-corrected chi connectivity index (χ3v) is 4.11. The molecule has 0 radical (unpaired) electrons. The SMILES string of the molecule is CO/C=C1/C(=O)NC(=O)c2ccc(C3CCCC3)cc21. The predicted octanol–water partition coefficient (Wildman–Crippen LogP) is 2.60. The average molecular weight is 271 g/mol. The number of rotatable bonds is 2. The third kappa shape index (κ3) is 2.11. The van der Waals surface area contributed by atoms with Gasteiger partial charge in [0.05, 0.1) is 18.9 Å². The molecule has 2 amide bonds. The van der Waals surface area contributed by atoms with Crippen LogP contribution in [0.1, 0.15) is 53.1 Å². The van der Waals surface area contributed by atoms with Crippen LogP contribution in [-0.4, -0.2) is 18.9 Å². The van der Waals surface area contributed by atoms with Gasteiger partial charge in [0.15, 0.2) is 0 Å². The van der Waals surface area contributed by atoms with Gasteiger partial charge >= 0.3 is 0 Å². The first kappa shape index (κ1) is 12.9. The van der Waals surface area contributed by atoms with Crippen LogP contribution >= 0.6 is 0 Å². The summed E-state index contributed by atoms with van der Waals surface area (Å²) < 4.78 is 4.98. The second-order valence-corrected chi connectivity index (χ2v) is 5.34. The average Bonchev–Trinajstić information content (AvgIpc) is 2.97. The molecule has 0 spiro atoms. The molecular formula is C16H17NO3. The van der Waals surface area contributed by atoms with Crippen molar-refractivity contribution >= 4 is 17.4 Å². The molecule has 1 heterocycles. The summed E-state index contributed by atoms with van der Waals surface area (Å²) in [6.45, 7) is 0. The molecule has 0 bridgehead atoms. The Hall–Kier alpha value is -2.10. The van der Waals surface area contributed by atoms with E-state index in [1.807, 2.05) is 18.2 Å². The van der Waals surface area contributed by atoms with E-state index >= 15 is 0 Å². The van der Waals surface area contributed by atoms with Crippen LogP contribution in [0.25, 0.3) is 5.57 Å². The summed E-state index contributed by atoms with van der Waals surface area (Å²) in [4.78, 5) is 23.8. The Morgan fingerprint density at radius 1 is 1.15 bits per heavy atom. The van der Waals surface area contributed by atoms with E-state index < -0.39 is 5.91 Å². The van der Waals surface area contributed by atoms with Gasteiger partial charge in [-0.2, -0.15) is 0 Å². The van der Waals surface area contributed by atoms with Gasteiger partial charge in [-0.3, -0.25) is 14.9 Å². The van der Waals surface area contributed by atoms with Gasteiger partial charge in [0.25, 0.3) is 11.8 Å². The number of benzene rings is 1. The van der Waals surface area contributed by atoms with Gasteiger partial charge in [-0.05, 0) is 36.5 Å². The second kappa shape index (κ2) is 5.12. The zero-order valence-corrected chi connectivity index (χ0v) is 11.4. The summed E-state index contributed by atoms with van der Waals surface area (Å²) >= 11 is 0. The minimum Gasteiger partial charge on any atom is -0.504 e. The van der Waals surface area contributed by atoms with Crippen molar-refractivity contribution in [1.82, 2.24) is 5.32 Å². The fourth-order valence-corrected chi connectivity index (χ4v) is 3.09. The highest BCUT2D eigenvalue weighted by Gasteiger charge is 2.29. The summed E-state index contributed by atoms with van der Waals surface area (Å²) in [7, 11) is 1.50. The Bertz CT molecular complexity index is 598. The van der Waals surface area contributed by atoms with Crippen molar-refractivity contribution in [3.8, 4) is 0 Å². The van der Waals surface area contributed by atoms with Crippen molar-refractivity contribution in [2.24, 2.45) is 0 Å². The van der Waals surface area contributed by atoms with E-state index in [0.717, 1.165) is 0 Å². The molecule has 1 aromatic carbocycles. The normalized spacial score (nSPS) is 20.9. The van der Waals surface area contributed by atoms with Crippen LogP contribution < -0.4 is 5.32 Å². The lowest BCUT2D eigenvalue weighted by Crippen LogP contribution is -2.36. The van der Waals surface area contributed by atoms with Gasteiger partial charge in [-0.1, -0.05) is 18.9 Å². The largest absolute Gasteiger partial charge is 0.504 e. The molecule has 2 aliphatic rings. The summed E-state index contributed by atoms with van der Waals surface area (Å²) in [6, 6.07) is 5.80. The van der Waals surface area contributed by atoms with Crippen LogP contribution in [0.3, 0.4) is 0 Å². The van der Waals surface area contributed by atoms with Gasteiger partial charge in [-0.25, -0.2) is 0 Å². The molecule has 1 fully saturated rings. The zero-order valence-electron chi connectivity index (χ0n) is 11.4. The van der Waals surface area contributed by atoms with E-state index in [1.165, 1.54) is 44.6 Å². The molecule has 4 nitrogen and oxygen atoms in total. The standard InChI is InChI=1S/C16H17NO3/c1-20-9-14-13-8-11(10-4-2-3-5-10)6-7-12(13)15(18)17-16(14)19/h6-10H,2-5H2,1H3,(H,17,18,19)/b14-9+.